The second-order valence-corrected chi connectivity index (χ2v) is 7.43. The highest BCUT2D eigenvalue weighted by Crippen LogP contribution is 2.29. The number of aromatic nitrogens is 1. The molecule has 0 bridgehead atoms. The number of amides is 1. The highest BCUT2D eigenvalue weighted by atomic mass is 127. The Morgan fingerprint density at radius 3 is 2.77 bits per heavy atom. The van der Waals surface area contributed by atoms with Gasteiger partial charge in [0.15, 0.2) is 11.5 Å². The van der Waals surface area contributed by atoms with Crippen LogP contribution in [0.25, 0.3) is 0 Å². The minimum atomic E-state index is -0.200. The van der Waals surface area contributed by atoms with Crippen molar-refractivity contribution in [2.24, 2.45) is 0 Å². The summed E-state index contributed by atoms with van der Waals surface area (Å²) in [5, 5.41) is 4.83. The number of methoxy groups -OCH3 is 1. The lowest BCUT2D eigenvalue weighted by Gasteiger charge is -2.12. The van der Waals surface area contributed by atoms with Crippen LogP contribution in [0.4, 0.5) is 5.69 Å². The van der Waals surface area contributed by atoms with Crippen molar-refractivity contribution in [2.45, 2.75) is 13.5 Å². The van der Waals surface area contributed by atoms with E-state index in [-0.39, 0.29) is 5.91 Å². The van der Waals surface area contributed by atoms with Gasteiger partial charge in [0.1, 0.15) is 6.61 Å². The normalized spacial score (nSPS) is 10.4. The predicted molar refractivity (Wildman–Crippen MR) is 111 cm³/mol. The van der Waals surface area contributed by atoms with Crippen molar-refractivity contribution in [1.29, 1.82) is 0 Å². The van der Waals surface area contributed by atoms with Crippen LogP contribution in [0, 0.1) is 10.5 Å². The van der Waals surface area contributed by atoms with Crippen LogP contribution in [0.15, 0.2) is 47.3 Å². The van der Waals surface area contributed by atoms with Crippen LogP contribution in [0.5, 0.6) is 11.5 Å². The molecule has 5 nitrogen and oxygen atoms in total. The average molecular weight is 480 g/mol. The number of nitrogens with zero attached hydrogens (tertiary/aromatic N) is 1. The molecule has 0 atom stereocenters. The fraction of sp³-hybridized carbons (Fsp3) is 0.158. The van der Waals surface area contributed by atoms with Gasteiger partial charge in [-0.2, -0.15) is 0 Å². The Hall–Kier alpha value is -2.13. The molecule has 0 spiro atoms. The van der Waals surface area contributed by atoms with Crippen molar-refractivity contribution in [1.82, 2.24) is 4.98 Å². The zero-order valence-corrected chi connectivity index (χ0v) is 17.3. The molecule has 1 amide bonds. The Bertz CT molecular complexity index is 913. The first-order valence-electron chi connectivity index (χ1n) is 7.82. The van der Waals surface area contributed by atoms with Gasteiger partial charge < -0.3 is 14.8 Å². The second-order valence-electron chi connectivity index (χ2n) is 5.55. The monoisotopic (exact) mass is 480 g/mol. The smallest absolute Gasteiger partial charge is 0.255 e. The second kappa shape index (κ2) is 8.50. The molecular formula is C19H17IN2O3S. The van der Waals surface area contributed by atoms with Gasteiger partial charge in [-0.15, -0.1) is 11.3 Å². The molecule has 1 aromatic heterocycles. The molecule has 26 heavy (non-hydrogen) atoms. The summed E-state index contributed by atoms with van der Waals surface area (Å²) in [6.07, 6.45) is 0. The van der Waals surface area contributed by atoms with Crippen LogP contribution >= 0.6 is 33.9 Å². The molecule has 2 aromatic carbocycles. The van der Waals surface area contributed by atoms with Gasteiger partial charge in [-0.05, 0) is 65.4 Å². The van der Waals surface area contributed by atoms with Crippen molar-refractivity contribution in [3.8, 4) is 11.5 Å². The van der Waals surface area contributed by atoms with Gasteiger partial charge in [0.2, 0.25) is 0 Å². The van der Waals surface area contributed by atoms with Crippen molar-refractivity contribution < 1.29 is 14.3 Å². The summed E-state index contributed by atoms with van der Waals surface area (Å²) < 4.78 is 12.2. The van der Waals surface area contributed by atoms with E-state index in [0.29, 0.717) is 23.7 Å². The molecule has 3 aromatic rings. The fourth-order valence-corrected chi connectivity index (χ4v) is 3.32. The third-order valence-electron chi connectivity index (χ3n) is 3.71. The van der Waals surface area contributed by atoms with Crippen LogP contribution < -0.4 is 14.8 Å². The van der Waals surface area contributed by atoms with E-state index in [2.05, 4.69) is 32.9 Å². The average Bonchev–Trinajstić information content (AvgIpc) is 3.16. The molecule has 1 N–H and O–H groups in total. The first-order valence-corrected chi connectivity index (χ1v) is 9.84. The molecule has 0 saturated carbocycles. The summed E-state index contributed by atoms with van der Waals surface area (Å²) >= 11 is 3.77. The Labute approximate surface area is 169 Å². The number of rotatable bonds is 6. The van der Waals surface area contributed by atoms with Crippen molar-refractivity contribution in [3.05, 3.63) is 67.7 Å². The number of anilines is 1. The van der Waals surface area contributed by atoms with Crippen molar-refractivity contribution in [2.75, 3.05) is 12.4 Å². The van der Waals surface area contributed by atoms with Gasteiger partial charge in [0.25, 0.3) is 5.91 Å². The molecule has 134 valence electrons. The quantitative estimate of drug-likeness (QED) is 0.511. The number of hydrogen-bond acceptors (Lipinski definition) is 5. The molecule has 0 fully saturated rings. The van der Waals surface area contributed by atoms with E-state index in [1.165, 1.54) is 16.9 Å². The molecular weight excluding hydrogens is 463 g/mol. The number of benzene rings is 2. The third kappa shape index (κ3) is 4.53. The van der Waals surface area contributed by atoms with Crippen molar-refractivity contribution in [3.63, 3.8) is 0 Å². The summed E-state index contributed by atoms with van der Waals surface area (Å²) in [5.41, 5.74) is 5.04. The summed E-state index contributed by atoms with van der Waals surface area (Å²) in [5.74, 6) is 0.877. The lowest BCUT2D eigenvalue weighted by Crippen LogP contribution is -2.12. The van der Waals surface area contributed by atoms with Gasteiger partial charge in [0.05, 0.1) is 18.3 Å². The Balaban J connectivity index is 1.73. The van der Waals surface area contributed by atoms with E-state index in [1.807, 2.05) is 30.5 Å². The number of hydrogen-bond donors (Lipinski definition) is 1. The van der Waals surface area contributed by atoms with E-state index in [9.17, 15) is 4.79 Å². The number of nitrogens with one attached hydrogen (secondary N) is 1. The Morgan fingerprint density at radius 2 is 2.08 bits per heavy atom. The third-order valence-corrected chi connectivity index (χ3v) is 5.51. The van der Waals surface area contributed by atoms with Crippen LogP contribution in [-0.4, -0.2) is 18.0 Å². The van der Waals surface area contributed by atoms with Crippen LogP contribution in [0.2, 0.25) is 0 Å². The highest BCUT2D eigenvalue weighted by Gasteiger charge is 2.12. The Kier molecular flexibility index (Phi) is 6.10. The molecule has 0 aliphatic heterocycles. The standard InChI is InChI=1S/C19H17IN2O3S/c1-12-3-5-14(8-16(12)20)22-19(23)13-4-6-17(18(7-13)24-2)25-9-15-10-26-11-21-15/h3-8,10-11H,9H2,1-2H3,(H,22,23). The fourth-order valence-electron chi connectivity index (χ4n) is 2.26. The van der Waals surface area contributed by atoms with E-state index < -0.39 is 0 Å². The molecule has 1 heterocycles. The van der Waals surface area contributed by atoms with E-state index in [4.69, 9.17) is 9.47 Å². The van der Waals surface area contributed by atoms with Crippen LogP contribution in [-0.2, 0) is 6.61 Å². The maximum atomic E-state index is 12.5. The number of thiazole rings is 1. The molecule has 0 unspecified atom stereocenters. The van der Waals surface area contributed by atoms with Gasteiger partial charge in [-0.1, -0.05) is 6.07 Å². The summed E-state index contributed by atoms with van der Waals surface area (Å²) in [7, 11) is 1.55. The molecule has 0 radical (unpaired) electrons. The summed E-state index contributed by atoms with van der Waals surface area (Å²) in [4.78, 5) is 16.7. The number of halogens is 1. The minimum Gasteiger partial charge on any atom is -0.493 e. The van der Waals surface area contributed by atoms with E-state index in [1.54, 1.807) is 30.8 Å². The number of ether oxygens (including phenoxy) is 2. The van der Waals surface area contributed by atoms with Gasteiger partial charge >= 0.3 is 0 Å². The van der Waals surface area contributed by atoms with Gasteiger partial charge in [-0.25, -0.2) is 4.98 Å². The molecule has 0 aliphatic carbocycles. The van der Waals surface area contributed by atoms with Gasteiger partial charge in [0, 0.05) is 20.2 Å². The topological polar surface area (TPSA) is 60.5 Å². The molecule has 3 rings (SSSR count). The number of carbonyl (C=O) groups is 1. The van der Waals surface area contributed by atoms with Crippen LogP contribution in [0.1, 0.15) is 21.6 Å². The SMILES string of the molecule is COc1cc(C(=O)Nc2ccc(C)c(I)c2)ccc1OCc1cscn1. The van der Waals surface area contributed by atoms with E-state index in [0.717, 1.165) is 15.0 Å². The first-order chi connectivity index (χ1) is 12.6. The minimum absolute atomic E-state index is 0.200. The summed E-state index contributed by atoms with van der Waals surface area (Å²) in [6, 6.07) is 10.9. The largest absolute Gasteiger partial charge is 0.493 e. The maximum absolute atomic E-state index is 12.5. The lowest BCUT2D eigenvalue weighted by molar-refractivity contribution is 0.102. The van der Waals surface area contributed by atoms with Gasteiger partial charge in [-0.3, -0.25) is 4.79 Å². The molecule has 0 saturated heterocycles. The van der Waals surface area contributed by atoms with Crippen molar-refractivity contribution >= 4 is 45.5 Å². The Morgan fingerprint density at radius 1 is 1.23 bits per heavy atom. The zero-order chi connectivity index (χ0) is 18.5. The molecule has 0 aliphatic rings. The number of carbonyl (C=O) groups excluding carboxylic acids is 1. The number of aryl methyl sites for hydroxylation is 1. The lowest BCUT2D eigenvalue weighted by atomic mass is 10.1. The highest BCUT2D eigenvalue weighted by molar-refractivity contribution is 14.1. The van der Waals surface area contributed by atoms with E-state index >= 15 is 0 Å². The molecule has 7 heteroatoms. The predicted octanol–water partition coefficient (Wildman–Crippen LogP) is 4.90. The first kappa shape index (κ1) is 18.7. The summed E-state index contributed by atoms with van der Waals surface area (Å²) in [6.45, 7) is 2.38. The zero-order valence-electron chi connectivity index (χ0n) is 14.3. The van der Waals surface area contributed by atoms with Crippen LogP contribution in [0.3, 0.4) is 0 Å². The maximum Gasteiger partial charge on any atom is 0.255 e.